The minimum atomic E-state index is -3.39. The Bertz CT molecular complexity index is 588. The first-order chi connectivity index (χ1) is 10.9. The molecule has 0 aromatic heterocycles. The molecule has 0 aliphatic rings. The number of sulfonamides is 1. The maximum absolute atomic E-state index is 11.7. The van der Waals surface area contributed by atoms with Crippen LogP contribution in [0.5, 0.6) is 11.5 Å². The van der Waals surface area contributed by atoms with Gasteiger partial charge >= 0.3 is 6.09 Å². The Kier molecular flexibility index (Phi) is 7.63. The molecule has 1 aromatic rings. The summed E-state index contributed by atoms with van der Waals surface area (Å²) in [5.41, 5.74) is 0. The van der Waals surface area contributed by atoms with E-state index in [2.05, 4.69) is 10.1 Å². The highest BCUT2D eigenvalue weighted by molar-refractivity contribution is 7.88. The van der Waals surface area contributed by atoms with Crippen LogP contribution in [0.4, 0.5) is 4.79 Å². The van der Waals surface area contributed by atoms with E-state index in [0.717, 1.165) is 6.26 Å². The van der Waals surface area contributed by atoms with E-state index in [4.69, 9.17) is 9.47 Å². The van der Waals surface area contributed by atoms with E-state index in [9.17, 15) is 13.2 Å². The summed E-state index contributed by atoms with van der Waals surface area (Å²) in [4.78, 5) is 11.0. The third-order valence-corrected chi connectivity index (χ3v) is 4.26. The average molecular weight is 346 g/mol. The summed E-state index contributed by atoms with van der Waals surface area (Å²) in [5.74, 6) is 1.33. The monoisotopic (exact) mass is 346 g/mol. The second-order valence-electron chi connectivity index (χ2n) is 4.60. The average Bonchev–Trinajstić information content (AvgIpc) is 2.52. The quantitative estimate of drug-likeness (QED) is 0.707. The molecule has 0 aliphatic carbocycles. The molecule has 9 heteroatoms. The number of rotatable bonds is 9. The summed E-state index contributed by atoms with van der Waals surface area (Å²) in [6, 6.07) is 6.98. The van der Waals surface area contributed by atoms with E-state index < -0.39 is 16.1 Å². The largest absolute Gasteiger partial charge is 0.497 e. The Morgan fingerprint density at radius 1 is 1.13 bits per heavy atom. The van der Waals surface area contributed by atoms with Crippen LogP contribution in [0.25, 0.3) is 0 Å². The molecule has 0 aliphatic heterocycles. The van der Waals surface area contributed by atoms with Crippen molar-refractivity contribution < 1.29 is 27.4 Å². The number of methoxy groups -OCH3 is 2. The summed E-state index contributed by atoms with van der Waals surface area (Å²) < 4.78 is 39.6. The van der Waals surface area contributed by atoms with Crippen LogP contribution in [0.1, 0.15) is 0 Å². The Morgan fingerprint density at radius 3 is 2.26 bits per heavy atom. The van der Waals surface area contributed by atoms with Gasteiger partial charge in [0.15, 0.2) is 0 Å². The first-order valence-corrected chi connectivity index (χ1v) is 8.75. The van der Waals surface area contributed by atoms with Gasteiger partial charge in [-0.15, -0.1) is 0 Å². The molecule has 0 radical (unpaired) electrons. The SMILES string of the molecule is COC(=O)NCCN(CCOc1ccc(OC)cc1)S(C)(=O)=O. The number of ether oxygens (including phenoxy) is 3. The van der Waals surface area contributed by atoms with Gasteiger partial charge in [0.2, 0.25) is 10.0 Å². The first-order valence-electron chi connectivity index (χ1n) is 6.90. The summed E-state index contributed by atoms with van der Waals surface area (Å²) in [5, 5.41) is 2.43. The van der Waals surface area contributed by atoms with Crippen LogP contribution in [-0.4, -0.2) is 65.5 Å². The van der Waals surface area contributed by atoms with Gasteiger partial charge in [-0.2, -0.15) is 4.31 Å². The Morgan fingerprint density at radius 2 is 1.74 bits per heavy atom. The fourth-order valence-corrected chi connectivity index (χ4v) is 2.56. The number of hydrogen-bond acceptors (Lipinski definition) is 6. The number of amides is 1. The van der Waals surface area contributed by atoms with Crippen molar-refractivity contribution in [1.82, 2.24) is 9.62 Å². The van der Waals surface area contributed by atoms with E-state index in [-0.39, 0.29) is 26.2 Å². The second kappa shape index (κ2) is 9.21. The summed E-state index contributed by atoms with van der Waals surface area (Å²) in [6.07, 6.45) is 0.506. The smallest absolute Gasteiger partial charge is 0.406 e. The van der Waals surface area contributed by atoms with Crippen molar-refractivity contribution in [3.8, 4) is 11.5 Å². The number of alkyl carbamates (subject to hydrolysis) is 1. The van der Waals surface area contributed by atoms with Crippen molar-refractivity contribution in [2.45, 2.75) is 0 Å². The lowest BCUT2D eigenvalue weighted by Crippen LogP contribution is -2.40. The molecule has 0 unspecified atom stereocenters. The normalized spacial score (nSPS) is 11.1. The molecule has 0 atom stereocenters. The van der Waals surface area contributed by atoms with Gasteiger partial charge in [-0.3, -0.25) is 0 Å². The zero-order valence-electron chi connectivity index (χ0n) is 13.4. The number of carbonyl (C=O) groups excluding carboxylic acids is 1. The van der Waals surface area contributed by atoms with Gasteiger partial charge in [0.05, 0.1) is 20.5 Å². The Balaban J connectivity index is 2.46. The molecule has 0 saturated carbocycles. The van der Waals surface area contributed by atoms with Crippen molar-refractivity contribution in [1.29, 1.82) is 0 Å². The van der Waals surface area contributed by atoms with Gasteiger partial charge < -0.3 is 19.5 Å². The number of benzene rings is 1. The van der Waals surface area contributed by atoms with Crippen molar-refractivity contribution in [2.75, 3.05) is 46.7 Å². The predicted molar refractivity (Wildman–Crippen MR) is 85.3 cm³/mol. The van der Waals surface area contributed by atoms with Gasteiger partial charge in [-0.25, -0.2) is 13.2 Å². The lowest BCUT2D eigenvalue weighted by molar-refractivity contribution is 0.170. The predicted octanol–water partition coefficient (Wildman–Crippen LogP) is 0.692. The van der Waals surface area contributed by atoms with Crippen LogP contribution in [0, 0.1) is 0 Å². The van der Waals surface area contributed by atoms with Crippen LogP contribution < -0.4 is 14.8 Å². The number of carbonyl (C=O) groups is 1. The Labute approximate surface area is 136 Å². The molecule has 130 valence electrons. The van der Waals surface area contributed by atoms with Gasteiger partial charge in [-0.1, -0.05) is 0 Å². The second-order valence-corrected chi connectivity index (χ2v) is 6.59. The molecule has 1 amide bonds. The summed E-state index contributed by atoms with van der Waals surface area (Å²) in [6.45, 7) is 0.660. The molecule has 1 N–H and O–H groups in total. The number of nitrogens with one attached hydrogen (secondary N) is 1. The van der Waals surface area contributed by atoms with E-state index in [0.29, 0.717) is 11.5 Å². The summed E-state index contributed by atoms with van der Waals surface area (Å²) in [7, 11) is -0.579. The molecule has 0 heterocycles. The van der Waals surface area contributed by atoms with Crippen LogP contribution in [0.15, 0.2) is 24.3 Å². The zero-order chi connectivity index (χ0) is 17.3. The lowest BCUT2D eigenvalue weighted by atomic mass is 10.3. The third-order valence-electron chi connectivity index (χ3n) is 2.95. The highest BCUT2D eigenvalue weighted by atomic mass is 32.2. The van der Waals surface area contributed by atoms with Crippen LogP contribution in [0.3, 0.4) is 0 Å². The van der Waals surface area contributed by atoms with Crippen molar-refractivity contribution in [2.24, 2.45) is 0 Å². The van der Waals surface area contributed by atoms with Gasteiger partial charge in [-0.05, 0) is 24.3 Å². The molecule has 1 aromatic carbocycles. The van der Waals surface area contributed by atoms with Crippen molar-refractivity contribution in [3.63, 3.8) is 0 Å². The molecular weight excluding hydrogens is 324 g/mol. The highest BCUT2D eigenvalue weighted by Gasteiger charge is 2.16. The van der Waals surface area contributed by atoms with E-state index >= 15 is 0 Å². The van der Waals surface area contributed by atoms with E-state index in [1.54, 1.807) is 31.4 Å². The summed E-state index contributed by atoms with van der Waals surface area (Å²) >= 11 is 0. The van der Waals surface area contributed by atoms with E-state index in [1.165, 1.54) is 11.4 Å². The molecule has 8 nitrogen and oxygen atoms in total. The fraction of sp³-hybridized carbons (Fsp3) is 0.500. The first kappa shape index (κ1) is 19.0. The minimum Gasteiger partial charge on any atom is -0.497 e. The third kappa shape index (κ3) is 7.20. The van der Waals surface area contributed by atoms with Crippen LogP contribution in [-0.2, 0) is 14.8 Å². The van der Waals surface area contributed by atoms with Gasteiger partial charge in [0, 0.05) is 19.6 Å². The Hall–Kier alpha value is -2.00. The molecule has 1 rings (SSSR count). The molecule has 23 heavy (non-hydrogen) atoms. The molecule has 0 spiro atoms. The number of nitrogens with zero attached hydrogens (tertiary/aromatic N) is 1. The zero-order valence-corrected chi connectivity index (χ0v) is 14.3. The standard InChI is InChI=1S/C14H22N2O6S/c1-20-12-4-6-13(7-5-12)22-11-10-16(23(3,18)19)9-8-15-14(17)21-2/h4-7H,8-11H2,1-3H3,(H,15,17). The molecule has 0 saturated heterocycles. The highest BCUT2D eigenvalue weighted by Crippen LogP contribution is 2.16. The van der Waals surface area contributed by atoms with Crippen molar-refractivity contribution >= 4 is 16.1 Å². The molecule has 0 bridgehead atoms. The topological polar surface area (TPSA) is 94.2 Å². The van der Waals surface area contributed by atoms with Gasteiger partial charge in [0.25, 0.3) is 0 Å². The van der Waals surface area contributed by atoms with Crippen molar-refractivity contribution in [3.05, 3.63) is 24.3 Å². The van der Waals surface area contributed by atoms with Crippen LogP contribution >= 0.6 is 0 Å². The van der Waals surface area contributed by atoms with E-state index in [1.807, 2.05) is 0 Å². The fourth-order valence-electron chi connectivity index (χ4n) is 1.74. The molecular formula is C14H22N2O6S. The molecule has 0 fully saturated rings. The van der Waals surface area contributed by atoms with Crippen LogP contribution in [0.2, 0.25) is 0 Å². The maximum atomic E-state index is 11.7. The minimum absolute atomic E-state index is 0.139. The maximum Gasteiger partial charge on any atom is 0.406 e. The van der Waals surface area contributed by atoms with Gasteiger partial charge in [0.1, 0.15) is 18.1 Å². The lowest BCUT2D eigenvalue weighted by Gasteiger charge is -2.20. The number of hydrogen-bond donors (Lipinski definition) is 1.